The Morgan fingerprint density at radius 3 is 2.19 bits per heavy atom. The van der Waals surface area contributed by atoms with Crippen molar-refractivity contribution in [2.75, 3.05) is 18.5 Å². The molecule has 0 saturated carbocycles. The van der Waals surface area contributed by atoms with Crippen molar-refractivity contribution in [1.82, 2.24) is 5.43 Å². The third-order valence-electron chi connectivity index (χ3n) is 2.16. The fraction of sp³-hybridized carbons (Fsp3) is 0.400. The van der Waals surface area contributed by atoms with Gasteiger partial charge in [-0.2, -0.15) is 0 Å². The van der Waals surface area contributed by atoms with Crippen LogP contribution in [0.4, 0.5) is 5.69 Å². The zero-order chi connectivity index (χ0) is 12.0. The fourth-order valence-corrected chi connectivity index (χ4v) is 1.16. The van der Waals surface area contributed by atoms with Crippen LogP contribution in [0.2, 0.25) is 0 Å². The second kappa shape index (κ2) is 5.78. The smallest absolute Gasteiger partial charge is 0.147 e. The zero-order valence-corrected chi connectivity index (χ0v) is 9.24. The Balaban J connectivity index is 2.49. The molecule has 0 heterocycles. The summed E-state index contributed by atoms with van der Waals surface area (Å²) >= 11 is 0. The summed E-state index contributed by atoms with van der Waals surface area (Å²) in [6.07, 6.45) is 0.869. The molecule has 0 spiro atoms. The first kappa shape index (κ1) is 12.9. The Morgan fingerprint density at radius 1 is 1.06 bits per heavy atom. The van der Waals surface area contributed by atoms with E-state index in [2.05, 4.69) is 10.9 Å². The van der Waals surface area contributed by atoms with E-state index in [-0.39, 0.29) is 6.54 Å². The van der Waals surface area contributed by atoms with Gasteiger partial charge in [0.15, 0.2) is 0 Å². The van der Waals surface area contributed by atoms with Crippen LogP contribution in [0, 0.1) is 0 Å². The summed E-state index contributed by atoms with van der Waals surface area (Å²) in [6, 6.07) is 7.83. The Bertz CT molecular complexity index is 308. The van der Waals surface area contributed by atoms with Crippen LogP contribution >= 0.6 is 0 Å². The maximum atomic E-state index is 5.60. The van der Waals surface area contributed by atoms with E-state index in [0.29, 0.717) is 6.54 Å². The largest absolute Gasteiger partial charge is 0.330 e. The van der Waals surface area contributed by atoms with Gasteiger partial charge in [-0.3, -0.25) is 11.5 Å². The van der Waals surface area contributed by atoms with Gasteiger partial charge < -0.3 is 16.9 Å². The van der Waals surface area contributed by atoms with E-state index < -0.39 is 5.79 Å². The predicted octanol–water partition coefficient (Wildman–Crippen LogP) is -1.37. The van der Waals surface area contributed by atoms with E-state index in [4.69, 9.17) is 22.9 Å². The van der Waals surface area contributed by atoms with Crippen molar-refractivity contribution in [3.05, 3.63) is 29.8 Å². The molecule has 0 fully saturated rings. The second-order valence-corrected chi connectivity index (χ2v) is 3.73. The second-order valence-electron chi connectivity index (χ2n) is 3.73. The van der Waals surface area contributed by atoms with Crippen LogP contribution in [-0.4, -0.2) is 18.9 Å². The minimum Gasteiger partial charge on any atom is -0.330 e. The predicted molar refractivity (Wildman–Crippen MR) is 66.1 cm³/mol. The molecule has 0 radical (unpaired) electrons. The molecule has 16 heavy (non-hydrogen) atoms. The minimum absolute atomic E-state index is 0.130. The molecular weight excluding hydrogens is 204 g/mol. The van der Waals surface area contributed by atoms with Crippen molar-refractivity contribution in [3.63, 3.8) is 0 Å². The number of benzene rings is 1. The molecular formula is C10H20N6. The van der Waals surface area contributed by atoms with Crippen LogP contribution in [0.3, 0.4) is 0 Å². The molecule has 0 atom stereocenters. The Morgan fingerprint density at radius 2 is 1.69 bits per heavy atom. The summed E-state index contributed by atoms with van der Waals surface area (Å²) in [5, 5.41) is 0. The van der Waals surface area contributed by atoms with Gasteiger partial charge >= 0.3 is 0 Å². The summed E-state index contributed by atoms with van der Waals surface area (Å²) in [6.45, 7) is 0.776. The molecule has 10 N–H and O–H groups in total. The topological polar surface area (TPSA) is 128 Å². The fourth-order valence-electron chi connectivity index (χ4n) is 1.16. The first-order valence-corrected chi connectivity index (χ1v) is 5.17. The monoisotopic (exact) mass is 224 g/mol. The Kier molecular flexibility index (Phi) is 4.66. The van der Waals surface area contributed by atoms with Gasteiger partial charge in [0, 0.05) is 12.2 Å². The number of anilines is 1. The standard InChI is InChI=1S/C10H20N6/c11-6-5-8-1-3-9(4-2-8)15-16-10(13,14)7-12/h1-4,15-16H,5-7,11-14H2. The van der Waals surface area contributed by atoms with Gasteiger partial charge in [0.2, 0.25) is 0 Å². The van der Waals surface area contributed by atoms with Gasteiger partial charge in [0.1, 0.15) is 5.79 Å². The van der Waals surface area contributed by atoms with Crippen molar-refractivity contribution in [2.45, 2.75) is 12.2 Å². The van der Waals surface area contributed by atoms with Gasteiger partial charge in [-0.15, -0.1) is 0 Å². The highest BCUT2D eigenvalue weighted by Gasteiger charge is 2.14. The molecule has 0 aliphatic heterocycles. The van der Waals surface area contributed by atoms with Gasteiger partial charge in [-0.25, -0.2) is 5.43 Å². The van der Waals surface area contributed by atoms with Gasteiger partial charge in [0.05, 0.1) is 0 Å². The average molecular weight is 224 g/mol. The molecule has 0 saturated heterocycles. The highest BCUT2D eigenvalue weighted by atomic mass is 15.5. The third kappa shape index (κ3) is 4.13. The van der Waals surface area contributed by atoms with Gasteiger partial charge in [-0.05, 0) is 30.7 Å². The van der Waals surface area contributed by atoms with Gasteiger partial charge in [-0.1, -0.05) is 12.1 Å². The van der Waals surface area contributed by atoms with Crippen molar-refractivity contribution in [2.24, 2.45) is 22.9 Å². The lowest BCUT2D eigenvalue weighted by molar-refractivity contribution is 0.385. The molecule has 0 aliphatic rings. The normalized spacial score (nSPS) is 11.5. The third-order valence-corrected chi connectivity index (χ3v) is 2.16. The molecule has 90 valence electrons. The first-order chi connectivity index (χ1) is 7.57. The molecule has 0 unspecified atom stereocenters. The van der Waals surface area contributed by atoms with E-state index in [1.54, 1.807) is 0 Å². The molecule has 0 bridgehead atoms. The van der Waals surface area contributed by atoms with Crippen LogP contribution in [-0.2, 0) is 6.42 Å². The number of rotatable bonds is 6. The van der Waals surface area contributed by atoms with Crippen LogP contribution < -0.4 is 33.8 Å². The highest BCUT2D eigenvalue weighted by molar-refractivity contribution is 5.43. The summed E-state index contributed by atoms with van der Waals surface area (Å²) in [4.78, 5) is 0. The van der Waals surface area contributed by atoms with E-state index in [0.717, 1.165) is 12.1 Å². The summed E-state index contributed by atoms with van der Waals surface area (Å²) in [7, 11) is 0. The highest BCUT2D eigenvalue weighted by Crippen LogP contribution is 2.08. The number of hydrogen-bond acceptors (Lipinski definition) is 6. The summed E-state index contributed by atoms with van der Waals surface area (Å²) in [5.74, 6) is -1.12. The quantitative estimate of drug-likeness (QED) is 0.261. The number of hydrogen-bond donors (Lipinski definition) is 6. The van der Waals surface area contributed by atoms with Crippen molar-refractivity contribution in [1.29, 1.82) is 0 Å². The molecule has 1 aromatic rings. The SMILES string of the molecule is NCCc1ccc(NNC(N)(N)CN)cc1. The lowest BCUT2D eigenvalue weighted by atomic mass is 10.1. The molecule has 0 aromatic heterocycles. The lowest BCUT2D eigenvalue weighted by Crippen LogP contribution is -2.67. The van der Waals surface area contributed by atoms with E-state index in [9.17, 15) is 0 Å². The minimum atomic E-state index is -1.12. The average Bonchev–Trinajstić information content (AvgIpc) is 2.29. The molecule has 0 amide bonds. The van der Waals surface area contributed by atoms with Crippen LogP contribution in [0.5, 0.6) is 0 Å². The van der Waals surface area contributed by atoms with E-state index in [1.807, 2.05) is 24.3 Å². The van der Waals surface area contributed by atoms with Gasteiger partial charge in [0.25, 0.3) is 0 Å². The van der Waals surface area contributed by atoms with Crippen LogP contribution in [0.25, 0.3) is 0 Å². The lowest BCUT2D eigenvalue weighted by Gasteiger charge is -2.24. The Hall–Kier alpha value is -1.18. The number of nitrogens with two attached hydrogens (primary N) is 4. The molecule has 0 aliphatic carbocycles. The molecule has 1 aromatic carbocycles. The van der Waals surface area contributed by atoms with Crippen LogP contribution in [0.15, 0.2) is 24.3 Å². The maximum Gasteiger partial charge on any atom is 0.147 e. The number of nitrogens with one attached hydrogen (secondary N) is 2. The zero-order valence-electron chi connectivity index (χ0n) is 9.24. The molecule has 6 nitrogen and oxygen atoms in total. The van der Waals surface area contributed by atoms with E-state index >= 15 is 0 Å². The molecule has 1 rings (SSSR count). The molecule has 6 heteroatoms. The van der Waals surface area contributed by atoms with Crippen molar-refractivity contribution >= 4 is 5.69 Å². The maximum absolute atomic E-state index is 5.60. The van der Waals surface area contributed by atoms with Crippen molar-refractivity contribution < 1.29 is 0 Å². The first-order valence-electron chi connectivity index (χ1n) is 5.17. The summed E-state index contributed by atoms with van der Waals surface area (Å²) < 4.78 is 0. The van der Waals surface area contributed by atoms with E-state index in [1.165, 1.54) is 5.56 Å². The van der Waals surface area contributed by atoms with Crippen molar-refractivity contribution in [3.8, 4) is 0 Å². The van der Waals surface area contributed by atoms with Crippen LogP contribution in [0.1, 0.15) is 5.56 Å². The summed E-state index contributed by atoms with van der Waals surface area (Å²) in [5.41, 5.74) is 29.7. The Labute approximate surface area is 95.3 Å². The number of hydrazine groups is 1.